The maximum Gasteiger partial charge on any atom is 0.266 e. The number of para-hydroxylation sites is 1. The normalized spacial score (nSPS) is 10.7. The summed E-state index contributed by atoms with van der Waals surface area (Å²) in [5.41, 5.74) is 2.55. The molecular weight excluding hydrogens is 426 g/mol. The molecule has 0 unspecified atom stereocenters. The summed E-state index contributed by atoms with van der Waals surface area (Å²) in [6, 6.07) is 22.8. The van der Waals surface area contributed by atoms with Gasteiger partial charge in [0.25, 0.3) is 11.8 Å². The number of halogens is 1. The lowest BCUT2D eigenvalue weighted by Crippen LogP contribution is -2.20. The number of hydrogen-bond donors (Lipinski definition) is 2. The number of rotatable bonds is 7. The van der Waals surface area contributed by atoms with Crippen LogP contribution in [0.3, 0.4) is 0 Å². The standard InChI is InChI=1S/C25H20ClN3O3/c1-17-6-4-9-21(12-17)28-24(30)16-32-23-11-3-2-7-18(23)13-19(15-27)25(31)29-22-10-5-8-20(26)14-22/h2-14H,16H2,1H3,(H,28,30)(H,29,31)/b19-13+. The molecule has 0 spiro atoms. The van der Waals surface area contributed by atoms with Crippen LogP contribution < -0.4 is 15.4 Å². The van der Waals surface area contributed by atoms with E-state index in [4.69, 9.17) is 16.3 Å². The number of nitrogens with one attached hydrogen (secondary N) is 2. The number of carbonyl (C=O) groups excluding carboxylic acids is 2. The molecule has 0 heterocycles. The highest BCUT2D eigenvalue weighted by Crippen LogP contribution is 2.22. The molecule has 0 saturated carbocycles. The highest BCUT2D eigenvalue weighted by atomic mass is 35.5. The maximum atomic E-state index is 12.5. The number of amides is 2. The first-order valence-electron chi connectivity index (χ1n) is 9.71. The third-order valence-corrected chi connectivity index (χ3v) is 4.56. The summed E-state index contributed by atoms with van der Waals surface area (Å²) < 4.78 is 5.65. The molecule has 3 rings (SSSR count). The summed E-state index contributed by atoms with van der Waals surface area (Å²) >= 11 is 5.93. The van der Waals surface area contributed by atoms with Crippen molar-refractivity contribution < 1.29 is 14.3 Å². The van der Waals surface area contributed by atoms with Crippen LogP contribution >= 0.6 is 11.6 Å². The molecule has 0 atom stereocenters. The number of aryl methyl sites for hydroxylation is 1. The Bertz CT molecular complexity index is 1210. The fraction of sp³-hybridized carbons (Fsp3) is 0.0800. The van der Waals surface area contributed by atoms with Gasteiger partial charge in [-0.3, -0.25) is 9.59 Å². The van der Waals surface area contributed by atoms with Crippen LogP contribution in [-0.2, 0) is 9.59 Å². The Morgan fingerprint density at radius 3 is 2.44 bits per heavy atom. The molecule has 7 heteroatoms. The fourth-order valence-corrected chi connectivity index (χ4v) is 3.05. The van der Waals surface area contributed by atoms with E-state index in [1.54, 1.807) is 54.6 Å². The second-order valence-corrected chi connectivity index (χ2v) is 7.31. The first kappa shape index (κ1) is 22.6. The van der Waals surface area contributed by atoms with Crippen molar-refractivity contribution in [3.05, 3.63) is 94.5 Å². The first-order chi connectivity index (χ1) is 15.4. The van der Waals surface area contributed by atoms with E-state index in [9.17, 15) is 14.9 Å². The molecule has 2 amide bonds. The Morgan fingerprint density at radius 2 is 1.72 bits per heavy atom. The van der Waals surface area contributed by atoms with E-state index in [0.717, 1.165) is 5.56 Å². The SMILES string of the molecule is Cc1cccc(NC(=O)COc2ccccc2/C=C(\C#N)C(=O)Nc2cccc(Cl)c2)c1. The van der Waals surface area contributed by atoms with Gasteiger partial charge >= 0.3 is 0 Å². The molecule has 160 valence electrons. The molecule has 0 aliphatic carbocycles. The number of hydrogen-bond acceptors (Lipinski definition) is 4. The van der Waals surface area contributed by atoms with Crippen LogP contribution in [0.15, 0.2) is 78.4 Å². The van der Waals surface area contributed by atoms with Gasteiger partial charge in [0.1, 0.15) is 17.4 Å². The fourth-order valence-electron chi connectivity index (χ4n) is 2.86. The average molecular weight is 446 g/mol. The molecule has 0 saturated heterocycles. The largest absolute Gasteiger partial charge is 0.483 e. The van der Waals surface area contributed by atoms with Gasteiger partial charge in [-0.1, -0.05) is 48.0 Å². The van der Waals surface area contributed by atoms with Gasteiger partial charge in [-0.05, 0) is 55.0 Å². The highest BCUT2D eigenvalue weighted by molar-refractivity contribution is 6.31. The number of anilines is 2. The third-order valence-electron chi connectivity index (χ3n) is 4.33. The van der Waals surface area contributed by atoms with Crippen molar-refractivity contribution in [1.29, 1.82) is 5.26 Å². The third kappa shape index (κ3) is 6.46. The molecule has 3 aromatic carbocycles. The second kappa shape index (κ2) is 10.8. The number of carbonyl (C=O) groups is 2. The topological polar surface area (TPSA) is 91.2 Å². The van der Waals surface area contributed by atoms with Gasteiger partial charge in [-0.15, -0.1) is 0 Å². The summed E-state index contributed by atoms with van der Waals surface area (Å²) in [5, 5.41) is 15.3. The van der Waals surface area contributed by atoms with E-state index in [0.29, 0.717) is 27.7 Å². The molecule has 0 bridgehead atoms. The molecule has 0 aliphatic heterocycles. The molecule has 3 aromatic rings. The van der Waals surface area contributed by atoms with Crippen LogP contribution in [0.25, 0.3) is 6.08 Å². The van der Waals surface area contributed by atoms with Crippen molar-refractivity contribution >= 4 is 40.9 Å². The van der Waals surface area contributed by atoms with Gasteiger partial charge in [0.2, 0.25) is 0 Å². The van der Waals surface area contributed by atoms with Gasteiger partial charge in [0, 0.05) is 22.0 Å². The number of benzene rings is 3. The maximum absolute atomic E-state index is 12.5. The van der Waals surface area contributed by atoms with Crippen LogP contribution in [0.2, 0.25) is 5.02 Å². The van der Waals surface area contributed by atoms with E-state index in [-0.39, 0.29) is 18.1 Å². The Balaban J connectivity index is 1.70. The monoisotopic (exact) mass is 445 g/mol. The minimum Gasteiger partial charge on any atom is -0.483 e. The van der Waals surface area contributed by atoms with E-state index in [2.05, 4.69) is 10.6 Å². The summed E-state index contributed by atoms with van der Waals surface area (Å²) in [6.45, 7) is 1.71. The van der Waals surface area contributed by atoms with E-state index >= 15 is 0 Å². The zero-order chi connectivity index (χ0) is 22.9. The molecule has 6 nitrogen and oxygen atoms in total. The summed E-state index contributed by atoms with van der Waals surface area (Å²) in [7, 11) is 0. The van der Waals surface area contributed by atoms with E-state index in [1.165, 1.54) is 6.08 Å². The van der Waals surface area contributed by atoms with Crippen LogP contribution in [0, 0.1) is 18.3 Å². The Hall–Kier alpha value is -4.08. The van der Waals surface area contributed by atoms with Crippen LogP contribution in [0.5, 0.6) is 5.75 Å². The molecule has 0 aliphatic rings. The van der Waals surface area contributed by atoms with Crippen molar-refractivity contribution in [3.8, 4) is 11.8 Å². The zero-order valence-electron chi connectivity index (χ0n) is 17.3. The predicted molar refractivity (Wildman–Crippen MR) is 125 cm³/mol. The Labute approximate surface area is 191 Å². The molecular formula is C25H20ClN3O3. The van der Waals surface area contributed by atoms with Gasteiger partial charge in [-0.2, -0.15) is 5.26 Å². The van der Waals surface area contributed by atoms with Gasteiger partial charge in [-0.25, -0.2) is 0 Å². The van der Waals surface area contributed by atoms with Crippen molar-refractivity contribution in [3.63, 3.8) is 0 Å². The van der Waals surface area contributed by atoms with Crippen molar-refractivity contribution in [2.75, 3.05) is 17.2 Å². The quantitative estimate of drug-likeness (QED) is 0.385. The van der Waals surface area contributed by atoms with Gasteiger partial charge in [0.15, 0.2) is 6.61 Å². The lowest BCUT2D eigenvalue weighted by atomic mass is 10.1. The highest BCUT2D eigenvalue weighted by Gasteiger charge is 2.12. The van der Waals surface area contributed by atoms with Crippen molar-refractivity contribution in [1.82, 2.24) is 0 Å². The number of nitrogens with zero attached hydrogens (tertiary/aromatic N) is 1. The minimum absolute atomic E-state index is 0.120. The lowest BCUT2D eigenvalue weighted by Gasteiger charge is -2.11. The second-order valence-electron chi connectivity index (χ2n) is 6.88. The molecule has 0 fully saturated rings. The number of nitriles is 1. The zero-order valence-corrected chi connectivity index (χ0v) is 18.0. The first-order valence-corrected chi connectivity index (χ1v) is 10.1. The van der Waals surface area contributed by atoms with E-state index in [1.807, 2.05) is 31.2 Å². The summed E-state index contributed by atoms with van der Waals surface area (Å²) in [6.07, 6.45) is 1.41. The Morgan fingerprint density at radius 1 is 1.00 bits per heavy atom. The van der Waals surface area contributed by atoms with Gasteiger partial charge < -0.3 is 15.4 Å². The summed E-state index contributed by atoms with van der Waals surface area (Å²) in [4.78, 5) is 24.8. The van der Waals surface area contributed by atoms with Gasteiger partial charge in [0.05, 0.1) is 0 Å². The summed E-state index contributed by atoms with van der Waals surface area (Å²) in [5.74, 6) is -0.537. The molecule has 2 N–H and O–H groups in total. The van der Waals surface area contributed by atoms with Crippen LogP contribution in [0.1, 0.15) is 11.1 Å². The molecule has 32 heavy (non-hydrogen) atoms. The molecule has 0 aromatic heterocycles. The van der Waals surface area contributed by atoms with Crippen molar-refractivity contribution in [2.24, 2.45) is 0 Å². The van der Waals surface area contributed by atoms with Crippen LogP contribution in [-0.4, -0.2) is 18.4 Å². The minimum atomic E-state index is -0.582. The van der Waals surface area contributed by atoms with Crippen molar-refractivity contribution in [2.45, 2.75) is 6.92 Å². The van der Waals surface area contributed by atoms with Crippen LogP contribution in [0.4, 0.5) is 11.4 Å². The smallest absolute Gasteiger partial charge is 0.266 e. The van der Waals surface area contributed by atoms with E-state index < -0.39 is 5.91 Å². The Kier molecular flexibility index (Phi) is 7.63. The molecule has 0 radical (unpaired) electrons. The average Bonchev–Trinajstić information content (AvgIpc) is 2.76. The lowest BCUT2D eigenvalue weighted by molar-refractivity contribution is -0.118. The number of ether oxygens (including phenoxy) is 1. The predicted octanol–water partition coefficient (Wildman–Crippen LogP) is 5.21.